The number of amides is 1. The molecule has 0 saturated carbocycles. The maximum atomic E-state index is 11.0. The molecular weight excluding hydrogens is 272 g/mol. The van der Waals surface area contributed by atoms with Gasteiger partial charge in [-0.25, -0.2) is 0 Å². The van der Waals surface area contributed by atoms with Crippen molar-refractivity contribution in [2.75, 3.05) is 18.9 Å². The third kappa shape index (κ3) is 2.69. The number of nitrogens with two attached hydrogens (primary N) is 2. The normalized spacial score (nSPS) is 12.8. The van der Waals surface area contributed by atoms with Gasteiger partial charge in [0.25, 0.3) is 0 Å². The fourth-order valence-electron chi connectivity index (χ4n) is 1.99. The molecule has 108 valence electrons. The summed E-state index contributed by atoms with van der Waals surface area (Å²) in [7, 11) is 0. The van der Waals surface area contributed by atoms with Crippen LogP contribution in [0.15, 0.2) is 36.4 Å². The van der Waals surface area contributed by atoms with E-state index in [2.05, 4.69) is 0 Å². The van der Waals surface area contributed by atoms with Gasteiger partial charge in [-0.2, -0.15) is 0 Å². The number of ether oxygens (including phenoxy) is 3. The first-order chi connectivity index (χ1) is 10.1. The van der Waals surface area contributed by atoms with Gasteiger partial charge in [-0.05, 0) is 24.3 Å². The maximum Gasteiger partial charge on any atom is 0.248 e. The Hall–Kier alpha value is -2.89. The molecule has 0 aromatic heterocycles. The molecule has 6 nitrogen and oxygen atoms in total. The molecule has 0 unspecified atom stereocenters. The molecule has 0 atom stereocenters. The molecule has 4 N–H and O–H groups in total. The molecule has 1 aliphatic rings. The topological polar surface area (TPSA) is 96.8 Å². The molecular formula is C15H14N2O4. The predicted octanol–water partition coefficient (Wildman–Crippen LogP) is 1.93. The average molecular weight is 286 g/mol. The van der Waals surface area contributed by atoms with E-state index in [0.29, 0.717) is 47.5 Å². The molecule has 0 radical (unpaired) electrons. The van der Waals surface area contributed by atoms with Gasteiger partial charge in [0.05, 0.1) is 5.69 Å². The van der Waals surface area contributed by atoms with Crippen molar-refractivity contribution in [3.05, 3.63) is 42.0 Å². The Kier molecular flexibility index (Phi) is 3.27. The minimum absolute atomic E-state index is 0.414. The van der Waals surface area contributed by atoms with Crippen LogP contribution >= 0.6 is 0 Å². The largest absolute Gasteiger partial charge is 0.486 e. The van der Waals surface area contributed by atoms with E-state index >= 15 is 0 Å². The molecule has 0 fully saturated rings. The summed E-state index contributed by atoms with van der Waals surface area (Å²) in [6.45, 7) is 0.991. The molecule has 6 heteroatoms. The van der Waals surface area contributed by atoms with Crippen LogP contribution in [0.3, 0.4) is 0 Å². The minimum atomic E-state index is -0.486. The van der Waals surface area contributed by atoms with Crippen molar-refractivity contribution in [1.82, 2.24) is 0 Å². The first kappa shape index (κ1) is 13.1. The average Bonchev–Trinajstić information content (AvgIpc) is 2.48. The highest BCUT2D eigenvalue weighted by atomic mass is 16.6. The predicted molar refractivity (Wildman–Crippen MR) is 76.9 cm³/mol. The van der Waals surface area contributed by atoms with Gasteiger partial charge in [-0.15, -0.1) is 0 Å². The number of hydrogen-bond acceptors (Lipinski definition) is 5. The van der Waals surface area contributed by atoms with Crippen LogP contribution < -0.4 is 25.7 Å². The number of nitrogen functional groups attached to an aromatic ring is 1. The lowest BCUT2D eigenvalue weighted by Gasteiger charge is -2.20. The van der Waals surface area contributed by atoms with E-state index < -0.39 is 5.91 Å². The number of rotatable bonds is 3. The van der Waals surface area contributed by atoms with E-state index in [1.54, 1.807) is 36.4 Å². The van der Waals surface area contributed by atoms with E-state index in [1.807, 2.05) is 0 Å². The monoisotopic (exact) mass is 286 g/mol. The highest BCUT2D eigenvalue weighted by Crippen LogP contribution is 2.39. The molecule has 21 heavy (non-hydrogen) atoms. The Labute approximate surface area is 121 Å². The molecule has 0 bridgehead atoms. The quantitative estimate of drug-likeness (QED) is 0.840. The third-order valence-corrected chi connectivity index (χ3v) is 3.04. The van der Waals surface area contributed by atoms with Crippen LogP contribution in [0.2, 0.25) is 0 Å². The van der Waals surface area contributed by atoms with Gasteiger partial charge < -0.3 is 25.7 Å². The van der Waals surface area contributed by atoms with Gasteiger partial charge in [-0.3, -0.25) is 4.79 Å². The van der Waals surface area contributed by atoms with Crippen molar-refractivity contribution in [2.24, 2.45) is 5.73 Å². The Bertz CT molecular complexity index is 683. The summed E-state index contributed by atoms with van der Waals surface area (Å²) >= 11 is 0. The second-order valence-corrected chi connectivity index (χ2v) is 4.52. The number of benzene rings is 2. The summed E-state index contributed by atoms with van der Waals surface area (Å²) in [5.41, 5.74) is 12.0. The number of carbonyl (C=O) groups is 1. The Morgan fingerprint density at radius 1 is 1.05 bits per heavy atom. The molecule has 0 aliphatic carbocycles. The number of carbonyl (C=O) groups excluding carboxylic acids is 1. The highest BCUT2D eigenvalue weighted by Gasteiger charge is 2.15. The summed E-state index contributed by atoms with van der Waals surface area (Å²) in [5.74, 6) is 1.73. The van der Waals surface area contributed by atoms with E-state index in [9.17, 15) is 4.79 Å². The highest BCUT2D eigenvalue weighted by molar-refractivity contribution is 5.92. The second kappa shape index (κ2) is 5.24. The van der Waals surface area contributed by atoms with Crippen LogP contribution in [-0.2, 0) is 0 Å². The van der Waals surface area contributed by atoms with Crippen LogP contribution in [0.5, 0.6) is 23.0 Å². The van der Waals surface area contributed by atoms with Crippen molar-refractivity contribution in [3.63, 3.8) is 0 Å². The van der Waals surface area contributed by atoms with E-state index in [-0.39, 0.29) is 0 Å². The van der Waals surface area contributed by atoms with Gasteiger partial charge in [0, 0.05) is 17.7 Å². The maximum absolute atomic E-state index is 11.0. The number of primary amides is 1. The molecule has 3 rings (SSSR count). The van der Waals surface area contributed by atoms with Crippen molar-refractivity contribution in [1.29, 1.82) is 0 Å². The van der Waals surface area contributed by atoms with Crippen LogP contribution in [0.1, 0.15) is 10.4 Å². The van der Waals surface area contributed by atoms with Crippen molar-refractivity contribution in [2.45, 2.75) is 0 Å². The van der Waals surface area contributed by atoms with Crippen LogP contribution in [0, 0.1) is 0 Å². The fourth-order valence-corrected chi connectivity index (χ4v) is 1.99. The van der Waals surface area contributed by atoms with Gasteiger partial charge in [0.15, 0.2) is 17.2 Å². The first-order valence-electron chi connectivity index (χ1n) is 6.40. The van der Waals surface area contributed by atoms with Gasteiger partial charge >= 0.3 is 0 Å². The minimum Gasteiger partial charge on any atom is -0.486 e. The molecule has 0 saturated heterocycles. The zero-order valence-corrected chi connectivity index (χ0v) is 11.2. The van der Waals surface area contributed by atoms with Crippen molar-refractivity contribution >= 4 is 11.6 Å². The van der Waals surface area contributed by atoms with E-state index in [1.165, 1.54) is 0 Å². The lowest BCUT2D eigenvalue weighted by atomic mass is 10.2. The van der Waals surface area contributed by atoms with Crippen molar-refractivity contribution in [3.8, 4) is 23.0 Å². The smallest absolute Gasteiger partial charge is 0.248 e. The fraction of sp³-hybridized carbons (Fsp3) is 0.133. The van der Waals surface area contributed by atoms with Crippen molar-refractivity contribution < 1.29 is 19.0 Å². The second-order valence-electron chi connectivity index (χ2n) is 4.52. The summed E-state index contributed by atoms with van der Waals surface area (Å²) in [6.07, 6.45) is 0. The third-order valence-electron chi connectivity index (χ3n) is 3.04. The zero-order valence-electron chi connectivity index (χ0n) is 11.2. The Balaban J connectivity index is 1.85. The van der Waals surface area contributed by atoms with E-state index in [0.717, 1.165) is 0 Å². The van der Waals surface area contributed by atoms with E-state index in [4.69, 9.17) is 25.7 Å². The summed E-state index contributed by atoms with van der Waals surface area (Å²) in [6, 6.07) is 9.83. The SMILES string of the molecule is NC(=O)c1ccc(Oc2cc3c(cc2N)OCCO3)cc1. The molecule has 0 spiro atoms. The lowest BCUT2D eigenvalue weighted by molar-refractivity contribution is 0.100. The van der Waals surface area contributed by atoms with Gasteiger partial charge in [0.2, 0.25) is 5.91 Å². The van der Waals surface area contributed by atoms with Gasteiger partial charge in [-0.1, -0.05) is 0 Å². The van der Waals surface area contributed by atoms with Crippen LogP contribution in [0.4, 0.5) is 5.69 Å². The Morgan fingerprint density at radius 2 is 1.67 bits per heavy atom. The molecule has 2 aromatic carbocycles. The zero-order chi connectivity index (χ0) is 14.8. The van der Waals surface area contributed by atoms with Crippen LogP contribution in [0.25, 0.3) is 0 Å². The first-order valence-corrected chi connectivity index (χ1v) is 6.40. The Morgan fingerprint density at radius 3 is 2.29 bits per heavy atom. The number of anilines is 1. The summed E-state index contributed by atoms with van der Waals surface area (Å²) < 4.78 is 16.6. The lowest BCUT2D eigenvalue weighted by Crippen LogP contribution is -2.15. The molecule has 1 heterocycles. The summed E-state index contributed by atoms with van der Waals surface area (Å²) in [5, 5.41) is 0. The molecule has 1 aliphatic heterocycles. The number of fused-ring (bicyclic) bond motifs is 1. The van der Waals surface area contributed by atoms with Crippen LogP contribution in [-0.4, -0.2) is 19.1 Å². The number of hydrogen-bond donors (Lipinski definition) is 2. The van der Waals surface area contributed by atoms with Gasteiger partial charge in [0.1, 0.15) is 19.0 Å². The molecule has 2 aromatic rings. The summed E-state index contributed by atoms with van der Waals surface area (Å²) in [4.78, 5) is 11.0. The standard InChI is InChI=1S/C15H14N2O4/c16-11-7-13-14(20-6-5-19-13)8-12(11)21-10-3-1-9(2-4-10)15(17)18/h1-4,7-8H,5-6,16H2,(H2,17,18). The molecule has 1 amide bonds.